The Hall–Kier alpha value is -3.50. The first kappa shape index (κ1) is 25.6. The van der Waals surface area contributed by atoms with Crippen LogP contribution in [0, 0.1) is 0 Å². The molecule has 1 unspecified atom stereocenters. The van der Waals surface area contributed by atoms with E-state index < -0.39 is 11.9 Å². The van der Waals surface area contributed by atoms with Gasteiger partial charge in [-0.3, -0.25) is 14.4 Å². The van der Waals surface area contributed by atoms with E-state index in [1.54, 1.807) is 24.2 Å². The predicted molar refractivity (Wildman–Crippen MR) is 139 cm³/mol. The third-order valence-electron chi connectivity index (χ3n) is 6.12. The molecule has 3 heterocycles. The lowest BCUT2D eigenvalue weighted by atomic mass is 9.96. The third kappa shape index (κ3) is 5.50. The zero-order valence-corrected chi connectivity index (χ0v) is 21.9. The monoisotopic (exact) mass is 509 g/mol. The minimum atomic E-state index is -0.898. The number of carbonyl (C=O) groups is 3. The lowest BCUT2D eigenvalue weighted by Gasteiger charge is -2.25. The number of rotatable bonds is 7. The number of anilines is 1. The number of nitrogens with zero attached hydrogens (tertiary/aromatic N) is 3. The zero-order chi connectivity index (χ0) is 26.0. The summed E-state index contributed by atoms with van der Waals surface area (Å²) in [6.45, 7) is 6.84. The van der Waals surface area contributed by atoms with Crippen molar-refractivity contribution >= 4 is 34.2 Å². The van der Waals surface area contributed by atoms with E-state index in [2.05, 4.69) is 15.6 Å². The van der Waals surface area contributed by atoms with Crippen molar-refractivity contribution in [3.05, 3.63) is 58.7 Å². The van der Waals surface area contributed by atoms with E-state index in [1.807, 2.05) is 55.1 Å². The van der Waals surface area contributed by atoms with Crippen molar-refractivity contribution in [2.45, 2.75) is 38.8 Å². The molecule has 3 amide bonds. The SMILES string of the molecule is COCC(NC(=O)c1ccn(C(C)(C)C)c1)C(=O)Nc1nc(-c2ccc3c(c2)C(=O)N(C)CC3)cs1. The fraction of sp³-hybridized carbons (Fsp3) is 0.385. The number of aromatic nitrogens is 2. The summed E-state index contributed by atoms with van der Waals surface area (Å²) in [6, 6.07) is 6.58. The Bertz CT molecular complexity index is 1290. The Labute approximate surface area is 214 Å². The summed E-state index contributed by atoms with van der Waals surface area (Å²) in [5.41, 5.74) is 3.48. The standard InChI is InChI=1S/C26H31N5O4S/c1-26(2,3)31-11-9-18(13-31)22(32)27-20(14-35-5)23(33)29-25-28-21(15-36-25)17-7-6-16-8-10-30(4)24(34)19(16)12-17/h6-7,9,11-13,15,20H,8,10,14H2,1-5H3,(H,27,32)(H,28,29,33). The van der Waals surface area contributed by atoms with Crippen LogP contribution in [0.25, 0.3) is 11.3 Å². The van der Waals surface area contributed by atoms with Gasteiger partial charge in [0.1, 0.15) is 6.04 Å². The average molecular weight is 510 g/mol. The topological polar surface area (TPSA) is 106 Å². The largest absolute Gasteiger partial charge is 0.382 e. The van der Waals surface area contributed by atoms with E-state index in [1.165, 1.54) is 18.4 Å². The Kier molecular flexibility index (Phi) is 7.28. The fourth-order valence-corrected chi connectivity index (χ4v) is 4.67. The van der Waals surface area contributed by atoms with Gasteiger partial charge >= 0.3 is 0 Å². The van der Waals surface area contributed by atoms with Gasteiger partial charge in [0.05, 0.1) is 17.9 Å². The van der Waals surface area contributed by atoms with Crippen LogP contribution in [0.5, 0.6) is 0 Å². The number of fused-ring (bicyclic) bond motifs is 1. The molecular formula is C26H31N5O4S. The number of carbonyl (C=O) groups excluding carboxylic acids is 3. The molecule has 4 rings (SSSR count). The Morgan fingerprint density at radius 1 is 1.25 bits per heavy atom. The van der Waals surface area contributed by atoms with E-state index in [0.29, 0.717) is 28.5 Å². The molecule has 0 bridgehead atoms. The Balaban J connectivity index is 1.45. The molecule has 10 heteroatoms. The molecule has 0 aliphatic carbocycles. The molecule has 2 N–H and O–H groups in total. The second kappa shape index (κ2) is 10.2. The van der Waals surface area contributed by atoms with Crippen molar-refractivity contribution in [1.82, 2.24) is 19.8 Å². The lowest BCUT2D eigenvalue weighted by molar-refractivity contribution is -0.119. The molecule has 3 aromatic rings. The highest BCUT2D eigenvalue weighted by atomic mass is 32.1. The van der Waals surface area contributed by atoms with Gasteiger partial charge in [-0.15, -0.1) is 11.3 Å². The number of ether oxygens (including phenoxy) is 1. The Morgan fingerprint density at radius 2 is 2.03 bits per heavy atom. The molecular weight excluding hydrogens is 478 g/mol. The molecule has 1 aliphatic rings. The van der Waals surface area contributed by atoms with E-state index in [-0.39, 0.29) is 24.0 Å². The molecule has 0 spiro atoms. The maximum atomic E-state index is 13.0. The second-order valence-corrected chi connectivity index (χ2v) is 10.7. The van der Waals surface area contributed by atoms with Crippen molar-refractivity contribution in [2.75, 3.05) is 32.6 Å². The number of likely N-dealkylation sites (N-methyl/N-ethyl adjacent to an activating group) is 1. The van der Waals surface area contributed by atoms with Crippen molar-refractivity contribution in [3.63, 3.8) is 0 Å². The van der Waals surface area contributed by atoms with Gasteiger partial charge in [0.25, 0.3) is 17.7 Å². The highest BCUT2D eigenvalue weighted by Crippen LogP contribution is 2.29. The first-order chi connectivity index (χ1) is 17.1. The lowest BCUT2D eigenvalue weighted by Crippen LogP contribution is -2.46. The zero-order valence-electron chi connectivity index (χ0n) is 21.1. The van der Waals surface area contributed by atoms with Gasteiger partial charge in [0.15, 0.2) is 5.13 Å². The highest BCUT2D eigenvalue weighted by molar-refractivity contribution is 7.14. The minimum Gasteiger partial charge on any atom is -0.382 e. The van der Waals surface area contributed by atoms with Crippen LogP contribution >= 0.6 is 11.3 Å². The van der Waals surface area contributed by atoms with Crippen LogP contribution < -0.4 is 10.6 Å². The fourth-order valence-electron chi connectivity index (χ4n) is 3.94. The van der Waals surface area contributed by atoms with Gasteiger partial charge in [0.2, 0.25) is 0 Å². The molecule has 9 nitrogen and oxygen atoms in total. The normalized spacial score (nSPS) is 14.4. The number of methoxy groups -OCH3 is 1. The predicted octanol–water partition coefficient (Wildman–Crippen LogP) is 3.38. The smallest absolute Gasteiger partial charge is 0.253 e. The van der Waals surface area contributed by atoms with Crippen molar-refractivity contribution < 1.29 is 19.1 Å². The summed E-state index contributed by atoms with van der Waals surface area (Å²) in [5.74, 6) is -0.792. The number of nitrogens with one attached hydrogen (secondary N) is 2. The van der Waals surface area contributed by atoms with E-state index in [9.17, 15) is 14.4 Å². The molecule has 0 radical (unpaired) electrons. The second-order valence-electron chi connectivity index (χ2n) is 9.84. The van der Waals surface area contributed by atoms with E-state index in [4.69, 9.17) is 4.74 Å². The molecule has 1 aromatic carbocycles. The molecule has 36 heavy (non-hydrogen) atoms. The van der Waals surface area contributed by atoms with Crippen LogP contribution in [-0.2, 0) is 21.5 Å². The van der Waals surface area contributed by atoms with Gasteiger partial charge < -0.3 is 24.8 Å². The maximum Gasteiger partial charge on any atom is 0.253 e. The van der Waals surface area contributed by atoms with Crippen molar-refractivity contribution in [1.29, 1.82) is 0 Å². The number of thiazole rings is 1. The van der Waals surface area contributed by atoms with Gasteiger partial charge in [0, 0.05) is 55.1 Å². The molecule has 0 fully saturated rings. The molecule has 1 atom stereocenters. The van der Waals surface area contributed by atoms with Crippen LogP contribution in [0.2, 0.25) is 0 Å². The minimum absolute atomic E-state index is 0.00199. The van der Waals surface area contributed by atoms with E-state index >= 15 is 0 Å². The molecule has 1 aliphatic heterocycles. The maximum absolute atomic E-state index is 13.0. The van der Waals surface area contributed by atoms with Crippen LogP contribution in [0.3, 0.4) is 0 Å². The van der Waals surface area contributed by atoms with Crippen LogP contribution in [0.1, 0.15) is 47.1 Å². The number of hydrogen-bond donors (Lipinski definition) is 2. The Morgan fingerprint density at radius 3 is 2.72 bits per heavy atom. The highest BCUT2D eigenvalue weighted by Gasteiger charge is 2.25. The first-order valence-electron chi connectivity index (χ1n) is 11.7. The molecule has 0 saturated carbocycles. The number of amides is 3. The van der Waals surface area contributed by atoms with Crippen LogP contribution in [0.4, 0.5) is 5.13 Å². The van der Waals surface area contributed by atoms with E-state index in [0.717, 1.165) is 17.5 Å². The third-order valence-corrected chi connectivity index (χ3v) is 6.88. The van der Waals surface area contributed by atoms with Gasteiger partial charge in [-0.25, -0.2) is 4.98 Å². The molecule has 190 valence electrons. The van der Waals surface area contributed by atoms with Crippen molar-refractivity contribution in [3.8, 4) is 11.3 Å². The summed E-state index contributed by atoms with van der Waals surface area (Å²) in [4.78, 5) is 44.5. The van der Waals surface area contributed by atoms with Gasteiger partial charge in [-0.1, -0.05) is 12.1 Å². The summed E-state index contributed by atoms with van der Waals surface area (Å²) in [7, 11) is 3.27. The van der Waals surface area contributed by atoms with Gasteiger partial charge in [-0.2, -0.15) is 0 Å². The van der Waals surface area contributed by atoms with Gasteiger partial charge in [-0.05, 0) is 44.9 Å². The van der Waals surface area contributed by atoms with Crippen LogP contribution in [-0.4, -0.2) is 65.5 Å². The summed E-state index contributed by atoms with van der Waals surface area (Å²) in [6.07, 6.45) is 4.42. The summed E-state index contributed by atoms with van der Waals surface area (Å²) < 4.78 is 7.11. The van der Waals surface area contributed by atoms with Crippen LogP contribution in [0.15, 0.2) is 42.0 Å². The van der Waals surface area contributed by atoms with Crippen molar-refractivity contribution in [2.24, 2.45) is 0 Å². The average Bonchev–Trinajstić information content (AvgIpc) is 3.51. The number of benzene rings is 1. The quantitative estimate of drug-likeness (QED) is 0.508. The molecule has 2 aromatic heterocycles. The first-order valence-corrected chi connectivity index (χ1v) is 12.6. The number of hydrogen-bond acceptors (Lipinski definition) is 6. The summed E-state index contributed by atoms with van der Waals surface area (Å²) in [5, 5.41) is 7.74. The molecule has 0 saturated heterocycles. The summed E-state index contributed by atoms with van der Waals surface area (Å²) >= 11 is 1.27.